The number of rotatable bonds is 12. The molecule has 4 N–H and O–H groups in total. The van der Waals surface area contributed by atoms with Gasteiger partial charge in [0.25, 0.3) is 0 Å². The van der Waals surface area contributed by atoms with E-state index in [0.29, 0.717) is 47.5 Å². The zero-order chi connectivity index (χ0) is 30.5. The standard InChI is InChI=1S/C35H37N3O5/c1-3-22(15-16-25(35(42)43)19-23(4-2)24-10-6-5-7-11-24)34(41)36-20-21-14-17-29-27(18-21)33(40)31-30(38-29)32(39)26-12-8-9-13-28(26)37-31/h5-14,17-18,22-23,25H,3-4,15-16,19-20H2,1-2H3,(H,36,41)(H,37,39)(H,38,40)(H,42,43). The molecule has 3 aromatic carbocycles. The second kappa shape index (κ2) is 13.1. The van der Waals surface area contributed by atoms with Crippen LogP contribution in [0.15, 0.2) is 82.4 Å². The molecule has 5 aromatic rings. The number of aromatic amines is 2. The average Bonchev–Trinajstić information content (AvgIpc) is 3.03. The van der Waals surface area contributed by atoms with Crippen molar-refractivity contribution in [2.24, 2.45) is 11.8 Å². The summed E-state index contributed by atoms with van der Waals surface area (Å²) in [6.45, 7) is 4.23. The lowest BCUT2D eigenvalue weighted by Gasteiger charge is -2.22. The molecule has 0 saturated heterocycles. The van der Waals surface area contributed by atoms with Gasteiger partial charge in [-0.05, 0) is 73.4 Å². The van der Waals surface area contributed by atoms with Crippen molar-refractivity contribution in [1.82, 2.24) is 15.3 Å². The maximum Gasteiger partial charge on any atom is 0.306 e. The molecule has 2 aromatic heterocycles. The summed E-state index contributed by atoms with van der Waals surface area (Å²) in [7, 11) is 0. The molecule has 0 spiro atoms. The third kappa shape index (κ3) is 6.38. The number of aliphatic carboxylic acids is 1. The van der Waals surface area contributed by atoms with Crippen molar-refractivity contribution in [3.05, 3.63) is 104 Å². The Balaban J connectivity index is 1.27. The number of carboxylic acid groups (broad SMARTS) is 1. The number of hydrogen-bond acceptors (Lipinski definition) is 4. The van der Waals surface area contributed by atoms with Crippen LogP contribution in [-0.4, -0.2) is 27.0 Å². The number of aromatic nitrogens is 2. The largest absolute Gasteiger partial charge is 0.481 e. The van der Waals surface area contributed by atoms with Crippen LogP contribution in [0.4, 0.5) is 0 Å². The van der Waals surface area contributed by atoms with Crippen LogP contribution in [0.3, 0.4) is 0 Å². The smallest absolute Gasteiger partial charge is 0.306 e. The molecule has 5 rings (SSSR count). The lowest BCUT2D eigenvalue weighted by Crippen LogP contribution is -2.31. The summed E-state index contributed by atoms with van der Waals surface area (Å²) in [4.78, 5) is 57.9. The Hall–Kier alpha value is -4.72. The Morgan fingerprint density at radius 2 is 1.40 bits per heavy atom. The average molecular weight is 580 g/mol. The van der Waals surface area contributed by atoms with E-state index in [-0.39, 0.29) is 46.2 Å². The first-order chi connectivity index (χ1) is 20.8. The van der Waals surface area contributed by atoms with Crippen molar-refractivity contribution in [2.45, 2.75) is 58.4 Å². The molecule has 3 unspecified atom stereocenters. The molecule has 222 valence electrons. The highest BCUT2D eigenvalue weighted by molar-refractivity contribution is 5.96. The molecule has 8 heteroatoms. The number of hydrogen-bond donors (Lipinski definition) is 4. The second-order valence-corrected chi connectivity index (χ2v) is 11.3. The molecular formula is C35H37N3O5. The number of para-hydroxylation sites is 1. The fraction of sp³-hybridized carbons (Fsp3) is 0.314. The van der Waals surface area contributed by atoms with Gasteiger partial charge < -0.3 is 20.4 Å². The lowest BCUT2D eigenvalue weighted by atomic mass is 9.83. The monoisotopic (exact) mass is 579 g/mol. The van der Waals surface area contributed by atoms with Crippen molar-refractivity contribution < 1.29 is 14.7 Å². The lowest BCUT2D eigenvalue weighted by molar-refractivity contribution is -0.142. The molecule has 0 aliphatic carbocycles. The SMILES string of the molecule is CCC(CCC(CC(CC)c1ccccc1)C(=O)O)C(=O)NCc1ccc2[nH]c3c(=O)c4ccccc4[nH]c3c(=O)c2c1. The van der Waals surface area contributed by atoms with E-state index in [2.05, 4.69) is 22.2 Å². The van der Waals surface area contributed by atoms with Gasteiger partial charge in [0, 0.05) is 34.3 Å². The summed E-state index contributed by atoms with van der Waals surface area (Å²) in [6.07, 6.45) is 2.89. The number of fused-ring (bicyclic) bond motifs is 3. The number of pyridine rings is 2. The van der Waals surface area contributed by atoms with Crippen molar-refractivity contribution in [3.8, 4) is 0 Å². The number of amides is 1. The molecule has 43 heavy (non-hydrogen) atoms. The first-order valence-electron chi connectivity index (χ1n) is 15.0. The van der Waals surface area contributed by atoms with Crippen molar-refractivity contribution in [2.75, 3.05) is 0 Å². The quantitative estimate of drug-likeness (QED) is 0.130. The highest BCUT2D eigenvalue weighted by Crippen LogP contribution is 2.30. The van der Waals surface area contributed by atoms with Gasteiger partial charge in [-0.25, -0.2) is 0 Å². The van der Waals surface area contributed by atoms with E-state index in [0.717, 1.165) is 17.5 Å². The predicted molar refractivity (Wildman–Crippen MR) is 170 cm³/mol. The van der Waals surface area contributed by atoms with Gasteiger partial charge in [0.2, 0.25) is 16.8 Å². The van der Waals surface area contributed by atoms with Crippen LogP contribution in [0.25, 0.3) is 32.8 Å². The summed E-state index contributed by atoms with van der Waals surface area (Å²) in [5.41, 5.74) is 2.96. The first kappa shape index (κ1) is 29.8. The maximum absolute atomic E-state index is 13.4. The van der Waals surface area contributed by atoms with Crippen LogP contribution in [-0.2, 0) is 16.1 Å². The highest BCUT2D eigenvalue weighted by atomic mass is 16.4. The van der Waals surface area contributed by atoms with Gasteiger partial charge in [-0.2, -0.15) is 0 Å². The zero-order valence-electron chi connectivity index (χ0n) is 24.5. The first-order valence-corrected chi connectivity index (χ1v) is 15.0. The van der Waals surface area contributed by atoms with Gasteiger partial charge in [-0.1, -0.05) is 62.4 Å². The summed E-state index contributed by atoms with van der Waals surface area (Å²) in [6, 6.07) is 22.4. The van der Waals surface area contributed by atoms with Crippen LogP contribution in [0.1, 0.15) is 63.0 Å². The number of benzene rings is 3. The van der Waals surface area contributed by atoms with Crippen LogP contribution in [0.2, 0.25) is 0 Å². The van der Waals surface area contributed by atoms with Crippen LogP contribution in [0, 0.1) is 11.8 Å². The molecule has 0 bridgehead atoms. The zero-order valence-corrected chi connectivity index (χ0v) is 24.5. The summed E-state index contributed by atoms with van der Waals surface area (Å²) >= 11 is 0. The van der Waals surface area contributed by atoms with Crippen LogP contribution in [0.5, 0.6) is 0 Å². The Bertz CT molecular complexity index is 1890. The number of carbonyl (C=O) groups is 2. The Morgan fingerprint density at radius 1 is 0.767 bits per heavy atom. The topological polar surface area (TPSA) is 132 Å². The molecule has 0 saturated carbocycles. The highest BCUT2D eigenvalue weighted by Gasteiger charge is 2.26. The summed E-state index contributed by atoms with van der Waals surface area (Å²) in [5.74, 6) is -1.65. The number of H-pyrrole nitrogens is 2. The minimum Gasteiger partial charge on any atom is -0.481 e. The van der Waals surface area contributed by atoms with Gasteiger partial charge in [-0.3, -0.25) is 19.2 Å². The summed E-state index contributed by atoms with van der Waals surface area (Å²) < 4.78 is 0. The molecule has 0 fully saturated rings. The minimum atomic E-state index is -0.826. The molecule has 3 atom stereocenters. The van der Waals surface area contributed by atoms with E-state index >= 15 is 0 Å². The summed E-state index contributed by atoms with van der Waals surface area (Å²) in [5, 5.41) is 13.8. The van der Waals surface area contributed by atoms with Gasteiger partial charge in [0.1, 0.15) is 11.0 Å². The Morgan fingerprint density at radius 3 is 2.07 bits per heavy atom. The van der Waals surface area contributed by atoms with Gasteiger partial charge >= 0.3 is 5.97 Å². The van der Waals surface area contributed by atoms with Gasteiger partial charge in [-0.15, -0.1) is 0 Å². The van der Waals surface area contributed by atoms with Gasteiger partial charge in [0.15, 0.2) is 0 Å². The predicted octanol–water partition coefficient (Wildman–Crippen LogP) is 6.23. The molecule has 0 radical (unpaired) electrons. The third-order valence-corrected chi connectivity index (χ3v) is 8.60. The molecule has 0 aliphatic heterocycles. The number of nitrogens with one attached hydrogen (secondary N) is 3. The second-order valence-electron chi connectivity index (χ2n) is 11.3. The fourth-order valence-corrected chi connectivity index (χ4v) is 6.00. The molecular weight excluding hydrogens is 542 g/mol. The van der Waals surface area contributed by atoms with Crippen molar-refractivity contribution >= 4 is 44.7 Å². The molecule has 0 aliphatic rings. The Labute approximate surface area is 249 Å². The van der Waals surface area contributed by atoms with E-state index in [1.165, 1.54) is 0 Å². The van der Waals surface area contributed by atoms with E-state index in [1.807, 2.05) is 43.3 Å². The molecule has 8 nitrogen and oxygen atoms in total. The third-order valence-electron chi connectivity index (χ3n) is 8.60. The van der Waals surface area contributed by atoms with E-state index in [9.17, 15) is 24.3 Å². The normalized spacial score (nSPS) is 13.6. The van der Waals surface area contributed by atoms with E-state index in [4.69, 9.17) is 0 Å². The van der Waals surface area contributed by atoms with Crippen molar-refractivity contribution in [1.29, 1.82) is 0 Å². The molecule has 2 heterocycles. The van der Waals surface area contributed by atoms with Crippen LogP contribution >= 0.6 is 0 Å². The van der Waals surface area contributed by atoms with Gasteiger partial charge in [0.05, 0.1) is 5.92 Å². The van der Waals surface area contributed by atoms with E-state index < -0.39 is 11.9 Å². The minimum absolute atomic E-state index is 0.134. The maximum atomic E-state index is 13.4. The Kier molecular flexibility index (Phi) is 9.04. The van der Waals surface area contributed by atoms with Crippen molar-refractivity contribution in [3.63, 3.8) is 0 Å². The number of carboxylic acids is 1. The fourth-order valence-electron chi connectivity index (χ4n) is 6.00. The van der Waals surface area contributed by atoms with E-state index in [1.54, 1.807) is 36.4 Å². The molecule has 1 amide bonds. The van der Waals surface area contributed by atoms with Crippen LogP contribution < -0.4 is 16.2 Å². The number of carbonyl (C=O) groups excluding carboxylic acids is 1.